The van der Waals surface area contributed by atoms with Crippen molar-refractivity contribution in [3.63, 3.8) is 0 Å². The zero-order valence-corrected chi connectivity index (χ0v) is 13.6. The van der Waals surface area contributed by atoms with Gasteiger partial charge in [-0.25, -0.2) is 0 Å². The number of nitrogens with zero attached hydrogens (tertiary/aromatic N) is 4. The molecule has 0 unspecified atom stereocenters. The number of amides is 1. The van der Waals surface area contributed by atoms with Crippen LogP contribution in [0.5, 0.6) is 0 Å². The van der Waals surface area contributed by atoms with Crippen LogP contribution in [-0.4, -0.2) is 46.4 Å². The fraction of sp³-hybridized carbons (Fsp3) is 0.235. The van der Waals surface area contributed by atoms with Crippen LogP contribution in [-0.2, 0) is 6.54 Å². The van der Waals surface area contributed by atoms with Crippen molar-refractivity contribution < 1.29 is 9.32 Å². The highest BCUT2D eigenvalue weighted by Gasteiger charge is 2.14. The van der Waals surface area contributed by atoms with Gasteiger partial charge in [-0.3, -0.25) is 9.48 Å². The van der Waals surface area contributed by atoms with Gasteiger partial charge in [0.1, 0.15) is 0 Å². The van der Waals surface area contributed by atoms with Crippen molar-refractivity contribution in [1.82, 2.24) is 19.8 Å². The summed E-state index contributed by atoms with van der Waals surface area (Å²) in [7, 11) is 4.00. The molecule has 2 heterocycles. The van der Waals surface area contributed by atoms with Crippen LogP contribution in [0.4, 0.5) is 5.69 Å². The van der Waals surface area contributed by atoms with Crippen LogP contribution in [0.1, 0.15) is 10.5 Å². The van der Waals surface area contributed by atoms with Crippen LogP contribution in [0, 0.1) is 0 Å². The monoisotopic (exact) mass is 325 g/mol. The molecular formula is C17H19N5O2. The Kier molecular flexibility index (Phi) is 4.72. The highest BCUT2D eigenvalue weighted by molar-refractivity contribution is 6.03. The fourth-order valence-corrected chi connectivity index (χ4v) is 2.17. The van der Waals surface area contributed by atoms with Crippen molar-refractivity contribution in [3.05, 3.63) is 54.5 Å². The minimum Gasteiger partial charge on any atom is -0.355 e. The number of benzene rings is 1. The number of anilines is 1. The van der Waals surface area contributed by atoms with Gasteiger partial charge in [0.2, 0.25) is 0 Å². The molecule has 0 aliphatic rings. The number of carbonyl (C=O) groups excluding carboxylic acids is 1. The molecule has 7 heteroatoms. The average Bonchev–Trinajstić information content (AvgIpc) is 3.23. The quantitative estimate of drug-likeness (QED) is 0.753. The van der Waals surface area contributed by atoms with E-state index in [0.29, 0.717) is 11.4 Å². The van der Waals surface area contributed by atoms with E-state index in [0.717, 1.165) is 18.7 Å². The molecule has 1 aromatic carbocycles. The molecule has 0 saturated heterocycles. The minimum absolute atomic E-state index is 0.231. The first-order valence-electron chi connectivity index (χ1n) is 7.62. The second-order valence-electron chi connectivity index (χ2n) is 5.69. The van der Waals surface area contributed by atoms with Crippen LogP contribution < -0.4 is 5.32 Å². The topological polar surface area (TPSA) is 76.2 Å². The maximum Gasteiger partial charge on any atom is 0.277 e. The largest absolute Gasteiger partial charge is 0.355 e. The molecule has 24 heavy (non-hydrogen) atoms. The summed E-state index contributed by atoms with van der Waals surface area (Å²) >= 11 is 0. The molecule has 0 aliphatic heterocycles. The van der Waals surface area contributed by atoms with E-state index >= 15 is 0 Å². The Labute approximate surface area is 139 Å². The molecule has 1 amide bonds. The van der Waals surface area contributed by atoms with E-state index in [1.807, 2.05) is 44.4 Å². The predicted octanol–water partition coefficient (Wildman–Crippen LogP) is 2.35. The van der Waals surface area contributed by atoms with Crippen LogP contribution in [0.2, 0.25) is 0 Å². The lowest BCUT2D eigenvalue weighted by molar-refractivity contribution is 0.101. The standard InChI is InChI=1S/C17H19N5O2/c1-21(2)8-9-22-12-14(11-18-22)19-17(23)15-10-16(24-20-15)13-6-4-3-5-7-13/h3-7,10-12H,8-9H2,1-2H3,(H,19,23). The highest BCUT2D eigenvalue weighted by Crippen LogP contribution is 2.20. The lowest BCUT2D eigenvalue weighted by Gasteiger charge is -2.08. The van der Waals surface area contributed by atoms with Crippen molar-refractivity contribution in [3.8, 4) is 11.3 Å². The third-order valence-electron chi connectivity index (χ3n) is 3.47. The first-order valence-corrected chi connectivity index (χ1v) is 7.62. The minimum atomic E-state index is -0.326. The summed E-state index contributed by atoms with van der Waals surface area (Å²) in [6.45, 7) is 1.63. The number of rotatable bonds is 6. The fourth-order valence-electron chi connectivity index (χ4n) is 2.17. The molecule has 0 radical (unpaired) electrons. The number of hydrogen-bond donors (Lipinski definition) is 1. The van der Waals surface area contributed by atoms with Crippen LogP contribution in [0.25, 0.3) is 11.3 Å². The van der Waals surface area contributed by atoms with Gasteiger partial charge >= 0.3 is 0 Å². The average molecular weight is 325 g/mol. The molecule has 0 spiro atoms. The van der Waals surface area contributed by atoms with Gasteiger partial charge in [-0.15, -0.1) is 0 Å². The molecule has 0 saturated carbocycles. The van der Waals surface area contributed by atoms with Gasteiger partial charge in [-0.2, -0.15) is 5.10 Å². The summed E-state index contributed by atoms with van der Waals surface area (Å²) in [6.07, 6.45) is 3.41. The van der Waals surface area contributed by atoms with Crippen LogP contribution in [0.15, 0.2) is 53.3 Å². The van der Waals surface area contributed by atoms with Gasteiger partial charge in [-0.1, -0.05) is 35.5 Å². The molecule has 1 N–H and O–H groups in total. The SMILES string of the molecule is CN(C)CCn1cc(NC(=O)c2cc(-c3ccccc3)on2)cn1. The summed E-state index contributed by atoms with van der Waals surface area (Å²) in [5.74, 6) is 0.232. The van der Waals surface area contributed by atoms with Crippen molar-refractivity contribution in [2.45, 2.75) is 6.54 Å². The molecule has 3 aromatic rings. The summed E-state index contributed by atoms with van der Waals surface area (Å²) in [6, 6.07) is 11.1. The van der Waals surface area contributed by atoms with Gasteiger partial charge in [0.15, 0.2) is 11.5 Å². The zero-order valence-electron chi connectivity index (χ0n) is 13.6. The molecule has 0 fully saturated rings. The lowest BCUT2D eigenvalue weighted by Crippen LogP contribution is -2.18. The molecule has 124 valence electrons. The summed E-state index contributed by atoms with van der Waals surface area (Å²) < 4.78 is 7.03. The maximum atomic E-state index is 12.3. The molecule has 0 bridgehead atoms. The van der Waals surface area contributed by atoms with Gasteiger partial charge in [0.25, 0.3) is 5.91 Å². The van der Waals surface area contributed by atoms with Gasteiger partial charge in [-0.05, 0) is 14.1 Å². The number of nitrogens with one attached hydrogen (secondary N) is 1. The summed E-state index contributed by atoms with van der Waals surface area (Å²) in [5.41, 5.74) is 1.73. The zero-order chi connectivity index (χ0) is 16.9. The van der Waals surface area contributed by atoms with Gasteiger partial charge < -0.3 is 14.7 Å². The summed E-state index contributed by atoms with van der Waals surface area (Å²) in [4.78, 5) is 14.3. The van der Waals surface area contributed by atoms with Crippen molar-refractivity contribution in [2.75, 3.05) is 26.0 Å². The first-order chi connectivity index (χ1) is 11.6. The maximum absolute atomic E-state index is 12.3. The third-order valence-corrected chi connectivity index (χ3v) is 3.47. The molecule has 0 aliphatic carbocycles. The molecular weight excluding hydrogens is 306 g/mol. The Hall–Kier alpha value is -2.93. The van der Waals surface area contributed by atoms with Crippen LogP contribution >= 0.6 is 0 Å². The second-order valence-corrected chi connectivity index (χ2v) is 5.69. The van der Waals surface area contributed by atoms with E-state index < -0.39 is 0 Å². The Bertz CT molecular complexity index is 807. The second kappa shape index (κ2) is 7.10. The molecule has 7 nitrogen and oxygen atoms in total. The number of carbonyl (C=O) groups is 1. The Morgan fingerprint density at radius 2 is 2.08 bits per heavy atom. The van der Waals surface area contributed by atoms with E-state index in [9.17, 15) is 4.79 Å². The van der Waals surface area contributed by atoms with E-state index in [1.165, 1.54) is 0 Å². The predicted molar refractivity (Wildman–Crippen MR) is 90.7 cm³/mol. The Morgan fingerprint density at radius 1 is 1.29 bits per heavy atom. The molecule has 3 rings (SSSR count). The number of aromatic nitrogens is 3. The summed E-state index contributed by atoms with van der Waals surface area (Å²) in [5, 5.41) is 10.8. The van der Waals surface area contributed by atoms with Gasteiger partial charge in [0.05, 0.1) is 18.4 Å². The van der Waals surface area contributed by atoms with Crippen molar-refractivity contribution in [1.29, 1.82) is 0 Å². The molecule has 2 aromatic heterocycles. The van der Waals surface area contributed by atoms with E-state index in [-0.39, 0.29) is 11.6 Å². The Balaban J connectivity index is 1.64. The van der Waals surface area contributed by atoms with E-state index in [4.69, 9.17) is 4.52 Å². The Morgan fingerprint density at radius 3 is 2.83 bits per heavy atom. The number of likely N-dealkylation sites (N-methyl/N-ethyl adjacent to an activating group) is 1. The van der Waals surface area contributed by atoms with Crippen molar-refractivity contribution >= 4 is 11.6 Å². The highest BCUT2D eigenvalue weighted by atomic mass is 16.5. The number of hydrogen-bond acceptors (Lipinski definition) is 5. The lowest BCUT2D eigenvalue weighted by atomic mass is 10.1. The van der Waals surface area contributed by atoms with Crippen molar-refractivity contribution in [2.24, 2.45) is 0 Å². The molecule has 0 atom stereocenters. The van der Waals surface area contributed by atoms with E-state index in [1.54, 1.807) is 23.1 Å². The normalized spacial score (nSPS) is 11.0. The van der Waals surface area contributed by atoms with E-state index in [2.05, 4.69) is 20.5 Å². The van der Waals surface area contributed by atoms with Gasteiger partial charge in [0, 0.05) is 24.4 Å². The smallest absolute Gasteiger partial charge is 0.277 e. The third kappa shape index (κ3) is 3.88. The first kappa shape index (κ1) is 15.9. The van der Waals surface area contributed by atoms with Crippen LogP contribution in [0.3, 0.4) is 0 Å².